The van der Waals surface area contributed by atoms with Crippen LogP contribution in [0.2, 0.25) is 10.0 Å². The van der Waals surface area contributed by atoms with Gasteiger partial charge in [-0.2, -0.15) is 5.10 Å². The highest BCUT2D eigenvalue weighted by molar-refractivity contribution is 7.80. The molecule has 0 aliphatic carbocycles. The molecule has 1 aromatic heterocycles. The molecule has 1 heterocycles. The van der Waals surface area contributed by atoms with Gasteiger partial charge in [0.05, 0.1) is 28.5 Å². The summed E-state index contributed by atoms with van der Waals surface area (Å²) in [6, 6.07) is 13.6. The van der Waals surface area contributed by atoms with Crippen molar-refractivity contribution < 1.29 is 0 Å². The minimum absolute atomic E-state index is 0.452. The van der Waals surface area contributed by atoms with Gasteiger partial charge in [0, 0.05) is 11.9 Å². The largest absolute Gasteiger partial charge is 0.332 e. The number of anilines is 2. The fraction of sp³-hybridized carbons (Fsp3) is 0.111. The third kappa shape index (κ3) is 4.95. The molecule has 3 aromatic rings. The van der Waals surface area contributed by atoms with Crippen LogP contribution in [-0.2, 0) is 6.54 Å². The fourth-order valence-electron chi connectivity index (χ4n) is 2.38. The fourth-order valence-corrected chi connectivity index (χ4v) is 2.91. The van der Waals surface area contributed by atoms with Crippen molar-refractivity contribution >= 4 is 51.9 Å². The Balaban J connectivity index is 1.60. The zero-order chi connectivity index (χ0) is 17.8. The third-order valence-corrected chi connectivity index (χ3v) is 4.44. The first-order chi connectivity index (χ1) is 12.0. The van der Waals surface area contributed by atoms with Gasteiger partial charge in [0.15, 0.2) is 5.11 Å². The second kappa shape index (κ2) is 7.87. The first kappa shape index (κ1) is 17.7. The Morgan fingerprint density at radius 2 is 1.88 bits per heavy atom. The standard InChI is InChI=1S/C18H16Cl2N4S/c1-12-3-2-4-13(7-12)10-24-11-15(9-21-24)23-18(25)22-14-5-6-16(19)17(20)8-14/h2-9,11H,10H2,1H3,(H2,22,23,25). The van der Waals surface area contributed by atoms with Crippen molar-refractivity contribution in [2.75, 3.05) is 10.6 Å². The average molecular weight is 391 g/mol. The molecule has 0 spiro atoms. The van der Waals surface area contributed by atoms with Crippen molar-refractivity contribution in [3.8, 4) is 0 Å². The summed E-state index contributed by atoms with van der Waals surface area (Å²) >= 11 is 17.2. The normalized spacial score (nSPS) is 10.5. The maximum Gasteiger partial charge on any atom is 0.175 e. The molecule has 0 amide bonds. The van der Waals surface area contributed by atoms with Gasteiger partial charge in [-0.25, -0.2) is 0 Å². The second-order valence-corrected chi connectivity index (χ2v) is 6.85. The van der Waals surface area contributed by atoms with Crippen molar-refractivity contribution in [1.29, 1.82) is 0 Å². The number of nitrogens with one attached hydrogen (secondary N) is 2. The van der Waals surface area contributed by atoms with E-state index in [0.29, 0.717) is 21.7 Å². The summed E-state index contributed by atoms with van der Waals surface area (Å²) in [6.07, 6.45) is 3.64. The molecule has 0 unspecified atom stereocenters. The third-order valence-electron chi connectivity index (χ3n) is 3.50. The Morgan fingerprint density at radius 1 is 1.08 bits per heavy atom. The Morgan fingerprint density at radius 3 is 2.64 bits per heavy atom. The minimum Gasteiger partial charge on any atom is -0.332 e. The molecule has 0 atom stereocenters. The summed E-state index contributed by atoms with van der Waals surface area (Å²) in [5, 5.41) is 12.0. The molecule has 0 saturated carbocycles. The number of aryl methyl sites for hydroxylation is 1. The van der Waals surface area contributed by atoms with Gasteiger partial charge < -0.3 is 10.6 Å². The van der Waals surface area contributed by atoms with Crippen molar-refractivity contribution in [3.05, 3.63) is 76.0 Å². The van der Waals surface area contributed by atoms with Crippen LogP contribution in [0, 0.1) is 6.92 Å². The van der Waals surface area contributed by atoms with E-state index in [9.17, 15) is 0 Å². The van der Waals surface area contributed by atoms with E-state index in [4.69, 9.17) is 35.4 Å². The van der Waals surface area contributed by atoms with E-state index in [-0.39, 0.29) is 0 Å². The monoisotopic (exact) mass is 390 g/mol. The molecule has 0 bridgehead atoms. The molecular formula is C18H16Cl2N4S. The number of aromatic nitrogens is 2. The predicted octanol–water partition coefficient (Wildman–Crippen LogP) is 5.36. The molecular weight excluding hydrogens is 375 g/mol. The highest BCUT2D eigenvalue weighted by Crippen LogP contribution is 2.25. The molecule has 25 heavy (non-hydrogen) atoms. The van der Waals surface area contributed by atoms with E-state index in [0.717, 1.165) is 11.4 Å². The Bertz CT molecular complexity index is 908. The van der Waals surface area contributed by atoms with Crippen molar-refractivity contribution in [3.63, 3.8) is 0 Å². The zero-order valence-electron chi connectivity index (χ0n) is 13.5. The van der Waals surface area contributed by atoms with Gasteiger partial charge in [0.25, 0.3) is 0 Å². The number of rotatable bonds is 4. The Kier molecular flexibility index (Phi) is 5.58. The number of thiocarbonyl (C=S) groups is 1. The van der Waals surface area contributed by atoms with Crippen LogP contribution < -0.4 is 10.6 Å². The van der Waals surface area contributed by atoms with E-state index in [1.54, 1.807) is 18.3 Å². The molecule has 2 aromatic carbocycles. The van der Waals surface area contributed by atoms with Crippen molar-refractivity contribution in [2.45, 2.75) is 13.5 Å². The molecule has 0 fully saturated rings. The molecule has 2 N–H and O–H groups in total. The predicted molar refractivity (Wildman–Crippen MR) is 109 cm³/mol. The van der Waals surface area contributed by atoms with Crippen LogP contribution in [0.5, 0.6) is 0 Å². The highest BCUT2D eigenvalue weighted by atomic mass is 35.5. The van der Waals surface area contributed by atoms with Crippen molar-refractivity contribution in [2.24, 2.45) is 0 Å². The molecule has 0 aliphatic rings. The van der Waals surface area contributed by atoms with Gasteiger partial charge in [-0.15, -0.1) is 0 Å². The van der Waals surface area contributed by atoms with E-state index in [1.165, 1.54) is 11.1 Å². The topological polar surface area (TPSA) is 41.9 Å². The molecule has 128 valence electrons. The maximum absolute atomic E-state index is 6.00. The van der Waals surface area contributed by atoms with Gasteiger partial charge in [0.2, 0.25) is 0 Å². The summed E-state index contributed by atoms with van der Waals surface area (Å²) in [6.45, 7) is 2.78. The van der Waals surface area contributed by atoms with Crippen LogP contribution in [0.3, 0.4) is 0 Å². The summed E-state index contributed by atoms with van der Waals surface area (Å²) in [4.78, 5) is 0. The van der Waals surface area contributed by atoms with Gasteiger partial charge in [0.1, 0.15) is 0 Å². The lowest BCUT2D eigenvalue weighted by molar-refractivity contribution is 0.686. The molecule has 0 radical (unpaired) electrons. The first-order valence-electron chi connectivity index (χ1n) is 7.61. The first-order valence-corrected chi connectivity index (χ1v) is 8.77. The van der Waals surface area contributed by atoms with Gasteiger partial charge in [-0.05, 0) is 42.9 Å². The number of nitrogens with zero attached hydrogens (tertiary/aromatic N) is 2. The lowest BCUT2D eigenvalue weighted by Gasteiger charge is -2.09. The van der Waals surface area contributed by atoms with E-state index >= 15 is 0 Å². The van der Waals surface area contributed by atoms with Gasteiger partial charge >= 0.3 is 0 Å². The number of halogens is 2. The summed E-state index contributed by atoms with van der Waals surface area (Å²) < 4.78 is 1.86. The molecule has 4 nitrogen and oxygen atoms in total. The second-order valence-electron chi connectivity index (χ2n) is 5.62. The van der Waals surface area contributed by atoms with E-state index in [1.807, 2.05) is 23.0 Å². The summed E-state index contributed by atoms with van der Waals surface area (Å²) in [7, 11) is 0. The van der Waals surface area contributed by atoms with Crippen LogP contribution in [0.1, 0.15) is 11.1 Å². The van der Waals surface area contributed by atoms with Crippen molar-refractivity contribution in [1.82, 2.24) is 9.78 Å². The van der Waals surface area contributed by atoms with Crippen LogP contribution in [0.25, 0.3) is 0 Å². The quantitative estimate of drug-likeness (QED) is 0.588. The Labute approximate surface area is 161 Å². The van der Waals surface area contributed by atoms with Crippen LogP contribution in [0.4, 0.5) is 11.4 Å². The lowest BCUT2D eigenvalue weighted by atomic mass is 10.1. The highest BCUT2D eigenvalue weighted by Gasteiger charge is 2.05. The van der Waals surface area contributed by atoms with Crippen LogP contribution >= 0.6 is 35.4 Å². The van der Waals surface area contributed by atoms with Gasteiger partial charge in [-0.3, -0.25) is 4.68 Å². The smallest absolute Gasteiger partial charge is 0.175 e. The van der Waals surface area contributed by atoms with Gasteiger partial charge in [-0.1, -0.05) is 53.0 Å². The Hall–Kier alpha value is -2.08. The SMILES string of the molecule is Cc1cccc(Cn2cc(NC(=S)Nc3ccc(Cl)c(Cl)c3)cn2)c1. The number of hydrogen-bond donors (Lipinski definition) is 2. The zero-order valence-corrected chi connectivity index (χ0v) is 15.8. The average Bonchev–Trinajstić information content (AvgIpc) is 2.98. The minimum atomic E-state index is 0.452. The van der Waals surface area contributed by atoms with E-state index in [2.05, 4.69) is 40.9 Å². The van der Waals surface area contributed by atoms with Crippen LogP contribution in [0.15, 0.2) is 54.9 Å². The lowest BCUT2D eigenvalue weighted by Crippen LogP contribution is -2.18. The molecule has 3 rings (SSSR count). The number of hydrogen-bond acceptors (Lipinski definition) is 2. The van der Waals surface area contributed by atoms with E-state index < -0.39 is 0 Å². The maximum atomic E-state index is 6.00. The summed E-state index contributed by atoms with van der Waals surface area (Å²) in [5.74, 6) is 0. The molecule has 0 saturated heterocycles. The molecule has 7 heteroatoms. The number of benzene rings is 2. The summed E-state index contributed by atoms with van der Waals surface area (Å²) in [5.41, 5.74) is 4.01. The molecule has 0 aliphatic heterocycles. The van der Waals surface area contributed by atoms with Crippen LogP contribution in [-0.4, -0.2) is 14.9 Å².